The molecule has 1 fully saturated rings. The van der Waals surface area contributed by atoms with Gasteiger partial charge in [0.15, 0.2) is 0 Å². The van der Waals surface area contributed by atoms with Crippen molar-refractivity contribution >= 4 is 6.29 Å². The first-order chi connectivity index (χ1) is 9.25. The minimum absolute atomic E-state index is 0.243. The minimum Gasteiger partial charge on any atom is -0.335 e. The molecule has 1 aliphatic carbocycles. The number of carbonyl (C=O) groups excluding carboxylic acids is 1. The Hall–Kier alpha value is -1.90. The van der Waals surface area contributed by atoms with Crippen LogP contribution in [-0.2, 0) is 10.3 Å². The second-order valence-corrected chi connectivity index (χ2v) is 5.20. The molecule has 19 heavy (non-hydrogen) atoms. The number of rotatable bonds is 3. The van der Waals surface area contributed by atoms with Crippen LogP contribution >= 0.6 is 0 Å². The van der Waals surface area contributed by atoms with Crippen LogP contribution in [0.4, 0.5) is 4.39 Å². The molecular formula is C16H16FNO. The van der Waals surface area contributed by atoms with Crippen LogP contribution < -0.4 is 0 Å². The molecule has 1 aliphatic rings. The van der Waals surface area contributed by atoms with Gasteiger partial charge < -0.3 is 9.36 Å². The van der Waals surface area contributed by atoms with Crippen LogP contribution in [0.2, 0.25) is 0 Å². The third kappa shape index (κ3) is 1.99. The smallest absolute Gasteiger partial charge is 0.145 e. The number of aromatic nitrogens is 1. The van der Waals surface area contributed by atoms with E-state index in [2.05, 4.69) is 4.57 Å². The van der Waals surface area contributed by atoms with Gasteiger partial charge in [0.2, 0.25) is 0 Å². The van der Waals surface area contributed by atoms with E-state index in [-0.39, 0.29) is 5.82 Å². The number of benzene rings is 1. The molecule has 0 bridgehead atoms. The monoisotopic (exact) mass is 257 g/mol. The first-order valence-electron chi connectivity index (χ1n) is 6.65. The summed E-state index contributed by atoms with van der Waals surface area (Å²) in [6.45, 7) is 0. The maximum Gasteiger partial charge on any atom is 0.145 e. The highest BCUT2D eigenvalue weighted by Crippen LogP contribution is 2.38. The van der Waals surface area contributed by atoms with Gasteiger partial charge in [-0.05, 0) is 54.8 Å². The summed E-state index contributed by atoms with van der Waals surface area (Å²) >= 11 is 0. The zero-order valence-electron chi connectivity index (χ0n) is 10.7. The summed E-state index contributed by atoms with van der Waals surface area (Å²) in [5, 5.41) is 0. The lowest BCUT2D eigenvalue weighted by Gasteiger charge is -2.27. The van der Waals surface area contributed by atoms with Crippen molar-refractivity contribution in [1.82, 2.24) is 4.57 Å². The summed E-state index contributed by atoms with van der Waals surface area (Å²) in [5.41, 5.74) is 1.52. The molecule has 1 aromatic carbocycles. The topological polar surface area (TPSA) is 22.0 Å². The van der Waals surface area contributed by atoms with Crippen molar-refractivity contribution in [1.29, 1.82) is 0 Å². The van der Waals surface area contributed by atoms with Crippen LogP contribution in [0.5, 0.6) is 0 Å². The molecule has 98 valence electrons. The van der Waals surface area contributed by atoms with Gasteiger partial charge in [-0.25, -0.2) is 4.39 Å². The molecule has 2 aromatic rings. The van der Waals surface area contributed by atoms with E-state index in [1.54, 1.807) is 12.1 Å². The zero-order chi connectivity index (χ0) is 13.3. The number of aldehydes is 1. The van der Waals surface area contributed by atoms with Gasteiger partial charge in [-0.15, -0.1) is 0 Å². The van der Waals surface area contributed by atoms with Crippen LogP contribution in [0.3, 0.4) is 0 Å². The SMILES string of the molecule is O=CC1(n2cccc2-c2ccc(F)cc2)CCCC1. The van der Waals surface area contributed by atoms with E-state index >= 15 is 0 Å². The van der Waals surface area contributed by atoms with Crippen LogP contribution in [0.15, 0.2) is 42.6 Å². The Labute approximate surface area is 111 Å². The second-order valence-electron chi connectivity index (χ2n) is 5.20. The van der Waals surface area contributed by atoms with E-state index in [1.807, 2.05) is 18.3 Å². The number of hydrogen-bond acceptors (Lipinski definition) is 1. The maximum absolute atomic E-state index is 13.0. The maximum atomic E-state index is 13.0. The summed E-state index contributed by atoms with van der Waals surface area (Å²) < 4.78 is 15.1. The normalized spacial score (nSPS) is 17.5. The van der Waals surface area contributed by atoms with Gasteiger partial charge in [0.25, 0.3) is 0 Å². The molecular weight excluding hydrogens is 241 g/mol. The lowest BCUT2D eigenvalue weighted by Crippen LogP contribution is -2.31. The Morgan fingerprint density at radius 3 is 2.42 bits per heavy atom. The van der Waals surface area contributed by atoms with Gasteiger partial charge in [-0.3, -0.25) is 0 Å². The van der Waals surface area contributed by atoms with Gasteiger partial charge in [-0.2, -0.15) is 0 Å². The predicted molar refractivity (Wildman–Crippen MR) is 72.3 cm³/mol. The van der Waals surface area contributed by atoms with Gasteiger partial charge in [0.05, 0.1) is 5.54 Å². The van der Waals surface area contributed by atoms with Crippen LogP contribution in [-0.4, -0.2) is 10.9 Å². The van der Waals surface area contributed by atoms with E-state index in [1.165, 1.54) is 12.1 Å². The van der Waals surface area contributed by atoms with Crippen molar-refractivity contribution < 1.29 is 9.18 Å². The number of halogens is 1. The molecule has 2 nitrogen and oxygen atoms in total. The highest BCUT2D eigenvalue weighted by molar-refractivity contribution is 5.68. The molecule has 3 rings (SSSR count). The van der Waals surface area contributed by atoms with Crippen LogP contribution in [0.25, 0.3) is 11.3 Å². The predicted octanol–water partition coefficient (Wildman–Crippen LogP) is 3.76. The minimum atomic E-state index is -0.410. The summed E-state index contributed by atoms with van der Waals surface area (Å²) in [4.78, 5) is 11.6. The summed E-state index contributed by atoms with van der Waals surface area (Å²) in [6, 6.07) is 10.4. The van der Waals surface area contributed by atoms with E-state index in [4.69, 9.17) is 0 Å². The third-order valence-electron chi connectivity index (χ3n) is 4.06. The van der Waals surface area contributed by atoms with E-state index in [0.717, 1.165) is 43.2 Å². The average molecular weight is 257 g/mol. The highest BCUT2D eigenvalue weighted by Gasteiger charge is 2.36. The molecule has 0 aliphatic heterocycles. The van der Waals surface area contributed by atoms with Crippen molar-refractivity contribution in [2.45, 2.75) is 31.2 Å². The van der Waals surface area contributed by atoms with Crippen molar-refractivity contribution in [2.75, 3.05) is 0 Å². The Morgan fingerprint density at radius 1 is 1.11 bits per heavy atom. The molecule has 1 saturated carbocycles. The fraction of sp³-hybridized carbons (Fsp3) is 0.312. The van der Waals surface area contributed by atoms with E-state index in [0.29, 0.717) is 0 Å². The molecule has 0 unspecified atom stereocenters. The quantitative estimate of drug-likeness (QED) is 0.767. The lowest BCUT2D eigenvalue weighted by molar-refractivity contribution is -0.115. The first kappa shape index (κ1) is 12.2. The number of carbonyl (C=O) groups is 1. The Bertz CT molecular complexity index is 579. The molecule has 1 aromatic heterocycles. The first-order valence-corrected chi connectivity index (χ1v) is 6.65. The Morgan fingerprint density at radius 2 is 1.79 bits per heavy atom. The fourth-order valence-corrected chi connectivity index (χ4v) is 3.03. The molecule has 0 spiro atoms. The van der Waals surface area contributed by atoms with Gasteiger partial charge in [0, 0.05) is 11.9 Å². The van der Waals surface area contributed by atoms with Crippen molar-refractivity contribution in [3.05, 3.63) is 48.4 Å². The molecule has 0 N–H and O–H groups in total. The Kier molecular flexibility index (Phi) is 2.97. The van der Waals surface area contributed by atoms with Crippen molar-refractivity contribution in [3.8, 4) is 11.3 Å². The van der Waals surface area contributed by atoms with Gasteiger partial charge in [-0.1, -0.05) is 12.8 Å². The number of nitrogens with zero attached hydrogens (tertiary/aromatic N) is 1. The largest absolute Gasteiger partial charge is 0.335 e. The molecule has 0 radical (unpaired) electrons. The van der Waals surface area contributed by atoms with Crippen LogP contribution in [0, 0.1) is 5.82 Å². The van der Waals surface area contributed by atoms with Crippen LogP contribution in [0.1, 0.15) is 25.7 Å². The molecule has 0 amide bonds. The highest BCUT2D eigenvalue weighted by atomic mass is 19.1. The molecule has 0 atom stereocenters. The molecule has 0 saturated heterocycles. The lowest BCUT2D eigenvalue weighted by atomic mass is 9.98. The van der Waals surface area contributed by atoms with Gasteiger partial charge in [0.1, 0.15) is 12.1 Å². The zero-order valence-corrected chi connectivity index (χ0v) is 10.7. The van der Waals surface area contributed by atoms with Crippen molar-refractivity contribution in [3.63, 3.8) is 0 Å². The van der Waals surface area contributed by atoms with E-state index < -0.39 is 5.54 Å². The molecule has 3 heteroatoms. The number of hydrogen-bond donors (Lipinski definition) is 0. The summed E-state index contributed by atoms with van der Waals surface area (Å²) in [6.07, 6.45) is 6.98. The van der Waals surface area contributed by atoms with Crippen molar-refractivity contribution in [2.24, 2.45) is 0 Å². The summed E-state index contributed by atoms with van der Waals surface area (Å²) in [7, 11) is 0. The standard InChI is InChI=1S/C16H16FNO/c17-14-7-5-13(6-8-14)15-4-3-11-18(15)16(12-19)9-1-2-10-16/h3-8,11-12H,1-2,9-10H2. The van der Waals surface area contributed by atoms with E-state index in [9.17, 15) is 9.18 Å². The average Bonchev–Trinajstić information content (AvgIpc) is 3.09. The fourth-order valence-electron chi connectivity index (χ4n) is 3.03. The Balaban J connectivity index is 2.07. The van der Waals surface area contributed by atoms with Gasteiger partial charge >= 0.3 is 0 Å². The second kappa shape index (κ2) is 4.65. The summed E-state index contributed by atoms with van der Waals surface area (Å²) in [5.74, 6) is -0.243. The molecule has 1 heterocycles. The third-order valence-corrected chi connectivity index (χ3v) is 4.06.